The molecule has 0 saturated heterocycles. The van der Waals surface area contributed by atoms with Gasteiger partial charge in [0.2, 0.25) is 6.10 Å². The lowest BCUT2D eigenvalue weighted by Crippen LogP contribution is -2.26. The molecule has 1 N–H and O–H groups in total. The van der Waals surface area contributed by atoms with Gasteiger partial charge >= 0.3 is 5.97 Å². The lowest BCUT2D eigenvalue weighted by atomic mass is 10.1. The fourth-order valence-corrected chi connectivity index (χ4v) is 2.61. The van der Waals surface area contributed by atoms with Crippen molar-refractivity contribution in [3.8, 4) is 0 Å². The Kier molecular flexibility index (Phi) is 6.11. The number of ether oxygens (including phenoxy) is 1. The van der Waals surface area contributed by atoms with Gasteiger partial charge in [-0.2, -0.15) is 0 Å². The summed E-state index contributed by atoms with van der Waals surface area (Å²) >= 11 is 0. The molecule has 0 fully saturated rings. The number of nitrogens with one attached hydrogen (secondary N) is 1. The molecule has 0 aliphatic heterocycles. The highest BCUT2D eigenvalue weighted by atomic mass is 19.1. The van der Waals surface area contributed by atoms with E-state index in [0.717, 1.165) is 0 Å². The Morgan fingerprint density at radius 2 is 1.50 bits per heavy atom. The normalized spacial score (nSPS) is 11.5. The number of carbonyl (C=O) groups is 2. The summed E-state index contributed by atoms with van der Waals surface area (Å²) in [5.41, 5.74) is 1.000. The van der Waals surface area contributed by atoms with Crippen LogP contribution in [0.4, 0.5) is 14.5 Å². The van der Waals surface area contributed by atoms with Crippen molar-refractivity contribution >= 4 is 17.6 Å². The Morgan fingerprint density at radius 1 is 0.857 bits per heavy atom. The third kappa shape index (κ3) is 5.01. The highest BCUT2D eigenvalue weighted by Gasteiger charge is 2.25. The lowest BCUT2D eigenvalue weighted by molar-refractivity contribution is -0.154. The van der Waals surface area contributed by atoms with E-state index in [9.17, 15) is 18.4 Å². The maximum Gasteiger partial charge on any atom is 0.311 e. The van der Waals surface area contributed by atoms with Gasteiger partial charge in [-0.15, -0.1) is 0 Å². The molecule has 1 unspecified atom stereocenters. The van der Waals surface area contributed by atoms with Crippen LogP contribution in [0.5, 0.6) is 0 Å². The van der Waals surface area contributed by atoms with Crippen LogP contribution in [0.25, 0.3) is 0 Å². The second-order valence-electron chi connectivity index (χ2n) is 6.04. The van der Waals surface area contributed by atoms with Crippen molar-refractivity contribution in [1.29, 1.82) is 0 Å². The van der Waals surface area contributed by atoms with Crippen molar-refractivity contribution < 1.29 is 23.1 Å². The zero-order chi connectivity index (χ0) is 19.9. The molecule has 0 spiro atoms. The Labute approximate surface area is 160 Å². The molecule has 0 saturated carbocycles. The molecular formula is C22H17F2NO3. The van der Waals surface area contributed by atoms with Crippen LogP contribution in [0.15, 0.2) is 78.9 Å². The molecule has 1 amide bonds. The molecule has 3 aromatic carbocycles. The molecule has 0 aliphatic rings. The fraction of sp³-hybridized carbons (Fsp3) is 0.0909. The van der Waals surface area contributed by atoms with E-state index >= 15 is 0 Å². The van der Waals surface area contributed by atoms with Crippen LogP contribution < -0.4 is 5.32 Å². The summed E-state index contributed by atoms with van der Waals surface area (Å²) in [4.78, 5) is 25.0. The van der Waals surface area contributed by atoms with E-state index in [2.05, 4.69) is 5.32 Å². The summed E-state index contributed by atoms with van der Waals surface area (Å²) < 4.78 is 32.2. The van der Waals surface area contributed by atoms with Crippen LogP contribution in [0.3, 0.4) is 0 Å². The average Bonchev–Trinajstić information content (AvgIpc) is 2.70. The number of hydrogen-bond acceptors (Lipinski definition) is 3. The average molecular weight is 381 g/mol. The molecule has 6 heteroatoms. The quantitative estimate of drug-likeness (QED) is 0.643. The summed E-state index contributed by atoms with van der Waals surface area (Å²) in [5.74, 6) is -2.30. The summed E-state index contributed by atoms with van der Waals surface area (Å²) in [7, 11) is 0. The minimum Gasteiger partial charge on any atom is -0.447 e. The molecule has 3 rings (SSSR count). The van der Waals surface area contributed by atoms with Crippen molar-refractivity contribution in [3.63, 3.8) is 0 Å². The molecule has 0 radical (unpaired) electrons. The van der Waals surface area contributed by atoms with Gasteiger partial charge in [0.15, 0.2) is 0 Å². The predicted octanol–water partition coefficient (Wildman–Crippen LogP) is 4.43. The summed E-state index contributed by atoms with van der Waals surface area (Å²) in [6, 6.07) is 19.5. The third-order valence-electron chi connectivity index (χ3n) is 3.99. The summed E-state index contributed by atoms with van der Waals surface area (Å²) in [5, 5.41) is 2.59. The minimum atomic E-state index is -1.23. The van der Waals surface area contributed by atoms with Crippen LogP contribution in [0, 0.1) is 11.6 Å². The van der Waals surface area contributed by atoms with Crippen LogP contribution in [0.1, 0.15) is 17.2 Å². The van der Waals surface area contributed by atoms with Crippen molar-refractivity contribution in [3.05, 3.63) is 102 Å². The van der Waals surface area contributed by atoms with E-state index in [1.807, 2.05) is 0 Å². The van der Waals surface area contributed by atoms with E-state index in [-0.39, 0.29) is 12.0 Å². The summed E-state index contributed by atoms with van der Waals surface area (Å²) in [6.07, 6.45) is -1.54. The molecule has 1 atom stereocenters. The molecule has 28 heavy (non-hydrogen) atoms. The van der Waals surface area contributed by atoms with Gasteiger partial charge in [0.1, 0.15) is 11.6 Å². The van der Waals surface area contributed by atoms with Crippen molar-refractivity contribution in [2.75, 3.05) is 5.32 Å². The van der Waals surface area contributed by atoms with Gasteiger partial charge in [0.05, 0.1) is 6.42 Å². The Bertz CT molecular complexity index is 959. The fourth-order valence-electron chi connectivity index (χ4n) is 2.61. The smallest absolute Gasteiger partial charge is 0.311 e. The third-order valence-corrected chi connectivity index (χ3v) is 3.99. The van der Waals surface area contributed by atoms with E-state index < -0.39 is 29.6 Å². The first kappa shape index (κ1) is 19.2. The minimum absolute atomic E-state index is 0.179. The van der Waals surface area contributed by atoms with Gasteiger partial charge in [-0.05, 0) is 35.9 Å². The number of rotatable bonds is 6. The first-order valence-electron chi connectivity index (χ1n) is 8.57. The van der Waals surface area contributed by atoms with Gasteiger partial charge < -0.3 is 10.1 Å². The number of amides is 1. The van der Waals surface area contributed by atoms with Crippen LogP contribution in [-0.2, 0) is 20.7 Å². The number of carbonyl (C=O) groups excluding carboxylic acids is 2. The Hall–Kier alpha value is -3.54. The first-order valence-corrected chi connectivity index (χ1v) is 8.57. The summed E-state index contributed by atoms with van der Waals surface area (Å²) in [6.45, 7) is 0. The van der Waals surface area contributed by atoms with Gasteiger partial charge in [-0.3, -0.25) is 9.59 Å². The molecule has 0 heterocycles. The number of anilines is 1. The number of benzene rings is 3. The molecule has 4 nitrogen and oxygen atoms in total. The molecule has 142 valence electrons. The van der Waals surface area contributed by atoms with Crippen molar-refractivity contribution in [2.45, 2.75) is 12.5 Å². The maximum atomic E-state index is 13.8. The van der Waals surface area contributed by atoms with E-state index in [1.54, 1.807) is 36.4 Å². The van der Waals surface area contributed by atoms with Crippen LogP contribution >= 0.6 is 0 Å². The van der Waals surface area contributed by atoms with Gasteiger partial charge in [0, 0.05) is 11.3 Å². The molecule has 0 bridgehead atoms. The molecule has 0 aliphatic carbocycles. The highest BCUT2D eigenvalue weighted by Crippen LogP contribution is 2.21. The predicted molar refractivity (Wildman–Crippen MR) is 100 cm³/mol. The van der Waals surface area contributed by atoms with E-state index in [4.69, 9.17) is 4.74 Å². The topological polar surface area (TPSA) is 55.4 Å². The van der Waals surface area contributed by atoms with E-state index in [1.165, 1.54) is 42.5 Å². The number of hydrogen-bond donors (Lipinski definition) is 1. The van der Waals surface area contributed by atoms with Gasteiger partial charge in [-0.1, -0.05) is 48.5 Å². The van der Waals surface area contributed by atoms with E-state index in [0.29, 0.717) is 11.3 Å². The number of halogens is 2. The van der Waals surface area contributed by atoms with Gasteiger partial charge in [0.25, 0.3) is 5.91 Å². The monoisotopic (exact) mass is 381 g/mol. The zero-order valence-electron chi connectivity index (χ0n) is 14.8. The second kappa shape index (κ2) is 8.90. The highest BCUT2D eigenvalue weighted by molar-refractivity contribution is 5.96. The van der Waals surface area contributed by atoms with Crippen LogP contribution in [-0.4, -0.2) is 11.9 Å². The SMILES string of the molecule is O=C(Cc1ccccc1F)OC(C(=O)Nc1ccc(F)cc1)c1ccccc1. The van der Waals surface area contributed by atoms with Crippen LogP contribution in [0.2, 0.25) is 0 Å². The number of esters is 1. The largest absolute Gasteiger partial charge is 0.447 e. The van der Waals surface area contributed by atoms with Crippen molar-refractivity contribution in [1.82, 2.24) is 0 Å². The van der Waals surface area contributed by atoms with Crippen molar-refractivity contribution in [2.24, 2.45) is 0 Å². The Morgan fingerprint density at radius 3 is 2.18 bits per heavy atom. The molecule has 0 aromatic heterocycles. The molecule has 3 aromatic rings. The molecular weight excluding hydrogens is 364 g/mol. The standard InChI is InChI=1S/C22H17F2NO3/c23-17-10-12-18(13-11-17)25-22(27)21(15-6-2-1-3-7-15)28-20(26)14-16-8-4-5-9-19(16)24/h1-13,21H,14H2,(H,25,27). The second-order valence-corrected chi connectivity index (χ2v) is 6.04. The Balaban J connectivity index is 1.77. The zero-order valence-corrected chi connectivity index (χ0v) is 14.8. The van der Waals surface area contributed by atoms with Gasteiger partial charge in [-0.25, -0.2) is 8.78 Å². The maximum absolute atomic E-state index is 13.8. The lowest BCUT2D eigenvalue weighted by Gasteiger charge is -2.18. The first-order chi connectivity index (χ1) is 13.5.